The molecular formula is C12H23N3O5. The number of aliphatic hydroxyl groups is 1. The maximum absolute atomic E-state index is 11.5. The highest BCUT2D eigenvalue weighted by molar-refractivity contribution is 5.83. The molecule has 0 aliphatic carbocycles. The van der Waals surface area contributed by atoms with E-state index < -0.39 is 24.1 Å². The Hall–Kier alpha value is -1.83. The molecule has 8 nitrogen and oxygen atoms in total. The van der Waals surface area contributed by atoms with Crippen LogP contribution in [0.4, 0.5) is 4.79 Å². The molecule has 0 unspecified atom stereocenters. The van der Waals surface area contributed by atoms with E-state index in [0.717, 1.165) is 0 Å². The van der Waals surface area contributed by atoms with Crippen molar-refractivity contribution in [2.75, 3.05) is 6.54 Å². The summed E-state index contributed by atoms with van der Waals surface area (Å²) in [5.74, 6) is -1.55. The van der Waals surface area contributed by atoms with Gasteiger partial charge in [0, 0.05) is 18.5 Å². The summed E-state index contributed by atoms with van der Waals surface area (Å²) in [4.78, 5) is 33.6. The first-order valence-electron chi connectivity index (χ1n) is 6.29. The van der Waals surface area contributed by atoms with Crippen LogP contribution in [0.5, 0.6) is 0 Å². The predicted octanol–water partition coefficient (Wildman–Crippen LogP) is -0.576. The number of hydrogen-bond donors (Lipinski definition) is 5. The number of carbonyl (C=O) groups is 3. The van der Waals surface area contributed by atoms with Crippen LogP contribution in [0.3, 0.4) is 0 Å². The summed E-state index contributed by atoms with van der Waals surface area (Å²) in [7, 11) is 0. The number of aliphatic hydroxyl groups excluding tert-OH is 1. The first kappa shape index (κ1) is 18.2. The highest BCUT2D eigenvalue weighted by atomic mass is 16.4. The van der Waals surface area contributed by atoms with Crippen molar-refractivity contribution < 1.29 is 24.6 Å². The van der Waals surface area contributed by atoms with Gasteiger partial charge in [0.1, 0.15) is 0 Å². The predicted molar refractivity (Wildman–Crippen MR) is 72.2 cm³/mol. The van der Waals surface area contributed by atoms with E-state index in [-0.39, 0.29) is 24.4 Å². The molecule has 0 saturated heterocycles. The van der Waals surface area contributed by atoms with Gasteiger partial charge in [0.05, 0.1) is 6.10 Å². The Kier molecular flexibility index (Phi) is 6.98. The number of urea groups is 1. The summed E-state index contributed by atoms with van der Waals surface area (Å²) in [6.45, 7) is 6.84. The first-order valence-corrected chi connectivity index (χ1v) is 6.29. The Balaban J connectivity index is 4.06. The lowest BCUT2D eigenvalue weighted by atomic mass is 10.1. The average Bonchev–Trinajstić information content (AvgIpc) is 2.22. The number of aliphatic carboxylic acids is 1. The number of hydrogen-bond acceptors (Lipinski definition) is 4. The molecule has 5 N–H and O–H groups in total. The molecule has 0 bridgehead atoms. The topological polar surface area (TPSA) is 128 Å². The van der Waals surface area contributed by atoms with Crippen molar-refractivity contribution >= 4 is 17.9 Å². The van der Waals surface area contributed by atoms with Gasteiger partial charge in [0.15, 0.2) is 6.04 Å². The molecule has 0 saturated carbocycles. The van der Waals surface area contributed by atoms with Crippen molar-refractivity contribution in [3.05, 3.63) is 0 Å². The molecule has 2 atom stereocenters. The zero-order valence-corrected chi connectivity index (χ0v) is 12.2. The van der Waals surface area contributed by atoms with Gasteiger partial charge in [-0.05, 0) is 27.7 Å². The molecule has 0 aromatic rings. The van der Waals surface area contributed by atoms with Crippen LogP contribution in [-0.2, 0) is 9.59 Å². The SMILES string of the molecule is C[C@@H](O)[C@H](NC(=O)NCCC(=O)NC(C)(C)C)C(=O)O. The minimum Gasteiger partial charge on any atom is -0.480 e. The maximum atomic E-state index is 11.5. The third-order valence-corrected chi connectivity index (χ3v) is 2.19. The Bertz CT molecular complexity index is 363. The minimum atomic E-state index is -1.39. The molecule has 0 aliphatic rings. The Morgan fingerprint density at radius 2 is 1.75 bits per heavy atom. The van der Waals surface area contributed by atoms with Gasteiger partial charge in [-0.2, -0.15) is 0 Å². The Morgan fingerprint density at radius 3 is 2.15 bits per heavy atom. The quantitative estimate of drug-likeness (QED) is 0.447. The van der Waals surface area contributed by atoms with Crippen molar-refractivity contribution in [1.29, 1.82) is 0 Å². The molecule has 0 aliphatic heterocycles. The molecule has 0 aromatic carbocycles. The largest absolute Gasteiger partial charge is 0.480 e. The van der Waals surface area contributed by atoms with Crippen LogP contribution in [0.1, 0.15) is 34.1 Å². The lowest BCUT2D eigenvalue weighted by molar-refractivity contribution is -0.141. The molecule has 20 heavy (non-hydrogen) atoms. The number of nitrogens with one attached hydrogen (secondary N) is 3. The van der Waals surface area contributed by atoms with Gasteiger partial charge < -0.3 is 26.2 Å². The minimum absolute atomic E-state index is 0.0693. The van der Waals surface area contributed by atoms with Gasteiger partial charge in [-0.25, -0.2) is 9.59 Å². The monoisotopic (exact) mass is 289 g/mol. The lowest BCUT2D eigenvalue weighted by Crippen LogP contribution is -2.51. The zero-order valence-electron chi connectivity index (χ0n) is 12.2. The lowest BCUT2D eigenvalue weighted by Gasteiger charge is -2.21. The van der Waals surface area contributed by atoms with Gasteiger partial charge in [0.25, 0.3) is 0 Å². The number of carbonyl (C=O) groups excluding carboxylic acids is 2. The van der Waals surface area contributed by atoms with E-state index in [0.29, 0.717) is 0 Å². The van der Waals surface area contributed by atoms with Gasteiger partial charge in [-0.15, -0.1) is 0 Å². The molecule has 0 spiro atoms. The first-order chi connectivity index (χ1) is 9.03. The summed E-state index contributed by atoms with van der Waals surface area (Å²) in [5.41, 5.74) is -0.347. The summed E-state index contributed by atoms with van der Waals surface area (Å²) in [6.07, 6.45) is -1.14. The van der Waals surface area contributed by atoms with Crippen molar-refractivity contribution in [3.63, 3.8) is 0 Å². The van der Waals surface area contributed by atoms with Crippen LogP contribution in [0.15, 0.2) is 0 Å². The molecule has 3 amide bonds. The number of carboxylic acids is 1. The molecular weight excluding hydrogens is 266 g/mol. The maximum Gasteiger partial charge on any atom is 0.328 e. The average molecular weight is 289 g/mol. The van der Waals surface area contributed by atoms with Crippen molar-refractivity contribution in [3.8, 4) is 0 Å². The third kappa shape index (κ3) is 8.30. The van der Waals surface area contributed by atoms with E-state index in [1.165, 1.54) is 6.92 Å². The second-order valence-electron chi connectivity index (χ2n) is 5.50. The van der Waals surface area contributed by atoms with E-state index >= 15 is 0 Å². The smallest absolute Gasteiger partial charge is 0.328 e. The number of carboxylic acid groups (broad SMARTS) is 1. The Labute approximate surface area is 117 Å². The summed E-state index contributed by atoms with van der Waals surface area (Å²) < 4.78 is 0. The highest BCUT2D eigenvalue weighted by Crippen LogP contribution is 1.98. The second kappa shape index (κ2) is 7.68. The molecule has 0 heterocycles. The molecule has 8 heteroatoms. The fourth-order valence-electron chi connectivity index (χ4n) is 1.35. The van der Waals surface area contributed by atoms with Crippen LogP contribution in [0, 0.1) is 0 Å². The summed E-state index contributed by atoms with van der Waals surface area (Å²) >= 11 is 0. The number of rotatable bonds is 6. The van der Waals surface area contributed by atoms with Gasteiger partial charge in [0.2, 0.25) is 5.91 Å². The van der Waals surface area contributed by atoms with E-state index in [1.54, 1.807) is 0 Å². The molecule has 116 valence electrons. The summed E-state index contributed by atoms with van der Waals surface area (Å²) in [6, 6.07) is -2.14. The van der Waals surface area contributed by atoms with Crippen LogP contribution in [0.2, 0.25) is 0 Å². The number of amides is 3. The van der Waals surface area contributed by atoms with Crippen LogP contribution >= 0.6 is 0 Å². The molecule has 0 radical (unpaired) electrons. The van der Waals surface area contributed by atoms with Gasteiger partial charge in [-0.3, -0.25) is 4.79 Å². The van der Waals surface area contributed by atoms with Crippen LogP contribution in [-0.4, -0.2) is 52.4 Å². The molecule has 0 aromatic heterocycles. The van der Waals surface area contributed by atoms with E-state index in [9.17, 15) is 19.5 Å². The Morgan fingerprint density at radius 1 is 1.20 bits per heavy atom. The second-order valence-corrected chi connectivity index (χ2v) is 5.50. The zero-order chi connectivity index (χ0) is 15.9. The van der Waals surface area contributed by atoms with Gasteiger partial charge in [-0.1, -0.05) is 0 Å². The van der Waals surface area contributed by atoms with Crippen LogP contribution in [0.25, 0.3) is 0 Å². The van der Waals surface area contributed by atoms with E-state index in [4.69, 9.17) is 5.11 Å². The summed E-state index contributed by atoms with van der Waals surface area (Å²) in [5, 5.41) is 25.1. The van der Waals surface area contributed by atoms with E-state index in [2.05, 4.69) is 16.0 Å². The standard InChI is InChI=1S/C12H23N3O5/c1-7(16)9(10(18)19)14-11(20)13-6-5-8(17)15-12(2,3)4/h7,9,16H,5-6H2,1-4H3,(H,15,17)(H,18,19)(H2,13,14,20)/t7-,9+/m1/s1. The van der Waals surface area contributed by atoms with Crippen molar-refractivity contribution in [2.45, 2.75) is 51.8 Å². The highest BCUT2D eigenvalue weighted by Gasteiger charge is 2.24. The normalized spacial score (nSPS) is 14.1. The van der Waals surface area contributed by atoms with Crippen LogP contribution < -0.4 is 16.0 Å². The van der Waals surface area contributed by atoms with Crippen molar-refractivity contribution in [1.82, 2.24) is 16.0 Å². The van der Waals surface area contributed by atoms with E-state index in [1.807, 2.05) is 20.8 Å². The van der Waals surface area contributed by atoms with Gasteiger partial charge >= 0.3 is 12.0 Å². The fraction of sp³-hybridized carbons (Fsp3) is 0.750. The third-order valence-electron chi connectivity index (χ3n) is 2.19. The molecule has 0 fully saturated rings. The molecule has 0 rings (SSSR count). The fourth-order valence-corrected chi connectivity index (χ4v) is 1.35. The van der Waals surface area contributed by atoms with Crippen molar-refractivity contribution in [2.24, 2.45) is 0 Å².